The fourth-order valence-electron chi connectivity index (χ4n) is 2.71. The maximum Gasteiger partial charge on any atom is 0.270 e. The van der Waals surface area contributed by atoms with Crippen LogP contribution in [0.2, 0.25) is 0 Å². The summed E-state index contributed by atoms with van der Waals surface area (Å²) >= 11 is 0. The van der Waals surface area contributed by atoms with Crippen LogP contribution in [0.3, 0.4) is 0 Å². The first-order valence-electron chi connectivity index (χ1n) is 8.03. The van der Waals surface area contributed by atoms with Crippen LogP contribution in [0.15, 0.2) is 31.0 Å². The molecule has 1 aliphatic carbocycles. The molecule has 9 heteroatoms. The van der Waals surface area contributed by atoms with Crippen LogP contribution in [-0.2, 0) is 0 Å². The molecule has 0 radical (unpaired) electrons. The number of carbonyl (C=O) groups excluding carboxylic acids is 1. The lowest BCUT2D eigenvalue weighted by Crippen LogP contribution is -2.37. The van der Waals surface area contributed by atoms with Gasteiger partial charge in [0.2, 0.25) is 5.95 Å². The van der Waals surface area contributed by atoms with Crippen molar-refractivity contribution in [3.63, 3.8) is 0 Å². The van der Waals surface area contributed by atoms with Gasteiger partial charge < -0.3 is 15.2 Å². The molecule has 1 fully saturated rings. The molecule has 1 saturated carbocycles. The molecule has 0 aliphatic heterocycles. The second kappa shape index (κ2) is 6.42. The summed E-state index contributed by atoms with van der Waals surface area (Å²) in [5.74, 6) is -0.247. The number of aromatic amines is 1. The minimum atomic E-state index is -0.466. The Labute approximate surface area is 142 Å². The van der Waals surface area contributed by atoms with Crippen molar-refractivity contribution in [3.8, 4) is 0 Å². The number of aromatic nitrogens is 5. The fraction of sp³-hybridized carbons (Fsp3) is 0.312. The maximum absolute atomic E-state index is 13.0. The summed E-state index contributed by atoms with van der Waals surface area (Å²) in [6.45, 7) is 0.954. The molecule has 1 aliphatic rings. The highest BCUT2D eigenvalue weighted by Crippen LogP contribution is 2.29. The normalized spacial score (nSPS) is 13.8. The topological polar surface area (TPSA) is 99.7 Å². The van der Waals surface area contributed by atoms with Gasteiger partial charge in [0.25, 0.3) is 5.91 Å². The van der Waals surface area contributed by atoms with Gasteiger partial charge in [-0.1, -0.05) is 0 Å². The van der Waals surface area contributed by atoms with E-state index in [0.29, 0.717) is 41.8 Å². The Morgan fingerprint density at radius 2 is 2.08 bits per heavy atom. The van der Waals surface area contributed by atoms with Crippen molar-refractivity contribution in [2.24, 2.45) is 0 Å². The summed E-state index contributed by atoms with van der Waals surface area (Å²) in [5.41, 5.74) is 0.960. The van der Waals surface area contributed by atoms with Gasteiger partial charge >= 0.3 is 0 Å². The molecule has 0 unspecified atom stereocenters. The lowest BCUT2D eigenvalue weighted by molar-refractivity contribution is 0.0951. The predicted molar refractivity (Wildman–Crippen MR) is 88.6 cm³/mol. The third-order valence-electron chi connectivity index (χ3n) is 4.06. The molecular weight excluding hydrogens is 325 g/mol. The zero-order valence-electron chi connectivity index (χ0n) is 13.3. The number of hydrogen-bond acceptors (Lipinski definition) is 6. The number of hydrogen-bond donors (Lipinski definition) is 2. The first-order valence-corrected chi connectivity index (χ1v) is 8.03. The van der Waals surface area contributed by atoms with Crippen molar-refractivity contribution in [1.29, 1.82) is 0 Å². The number of H-pyrrole nitrogens is 1. The molecule has 8 nitrogen and oxygen atoms in total. The first kappa shape index (κ1) is 15.4. The van der Waals surface area contributed by atoms with Crippen molar-refractivity contribution in [3.05, 3.63) is 42.5 Å². The van der Waals surface area contributed by atoms with Crippen LogP contribution in [0.5, 0.6) is 0 Å². The van der Waals surface area contributed by atoms with E-state index in [0.717, 1.165) is 25.2 Å². The molecule has 3 heterocycles. The lowest BCUT2D eigenvalue weighted by atomic mass is 10.2. The fourth-order valence-corrected chi connectivity index (χ4v) is 2.71. The van der Waals surface area contributed by atoms with Crippen molar-refractivity contribution >= 4 is 22.9 Å². The van der Waals surface area contributed by atoms with E-state index in [4.69, 9.17) is 0 Å². The van der Waals surface area contributed by atoms with Gasteiger partial charge in [0.1, 0.15) is 17.7 Å². The summed E-state index contributed by atoms with van der Waals surface area (Å²) in [4.78, 5) is 33.5. The number of nitrogens with zero attached hydrogens (tertiary/aromatic N) is 5. The van der Waals surface area contributed by atoms with E-state index >= 15 is 0 Å². The van der Waals surface area contributed by atoms with Crippen molar-refractivity contribution in [2.45, 2.75) is 18.9 Å². The molecule has 4 rings (SSSR count). The van der Waals surface area contributed by atoms with Crippen molar-refractivity contribution < 1.29 is 9.18 Å². The van der Waals surface area contributed by atoms with Crippen LogP contribution in [0.4, 0.5) is 10.3 Å². The number of amides is 1. The highest BCUT2D eigenvalue weighted by atomic mass is 19.1. The molecule has 3 aromatic rings. The van der Waals surface area contributed by atoms with E-state index in [1.807, 2.05) is 4.90 Å². The van der Waals surface area contributed by atoms with Gasteiger partial charge in [0.05, 0.1) is 17.8 Å². The molecule has 0 bridgehead atoms. The zero-order valence-corrected chi connectivity index (χ0v) is 13.3. The molecule has 2 N–H and O–H groups in total. The van der Waals surface area contributed by atoms with E-state index in [2.05, 4.69) is 30.2 Å². The Morgan fingerprint density at radius 3 is 2.84 bits per heavy atom. The van der Waals surface area contributed by atoms with Gasteiger partial charge in [0, 0.05) is 25.3 Å². The average Bonchev–Trinajstić information content (AvgIpc) is 3.35. The summed E-state index contributed by atoms with van der Waals surface area (Å²) in [6.07, 6.45) is 7.47. The Balaban J connectivity index is 1.41. The van der Waals surface area contributed by atoms with Gasteiger partial charge in [-0.15, -0.1) is 0 Å². The first-order chi connectivity index (χ1) is 12.2. The molecule has 0 atom stereocenters. The number of nitrogens with one attached hydrogen (secondary N) is 2. The number of halogens is 1. The standard InChI is InChI=1S/C16H16FN7O/c17-10-7-20-16(21-8-10)24(11-1-2-11)6-5-19-15(25)13-12-3-4-18-14(12)23-9-22-13/h3-4,7-9,11H,1-2,5-6H2,(H,19,25)(H,18,22,23). The zero-order chi connectivity index (χ0) is 17.2. The highest BCUT2D eigenvalue weighted by Gasteiger charge is 2.30. The van der Waals surface area contributed by atoms with E-state index in [1.165, 1.54) is 6.33 Å². The maximum atomic E-state index is 13.0. The second-order valence-corrected chi connectivity index (χ2v) is 5.84. The quantitative estimate of drug-likeness (QED) is 0.701. The van der Waals surface area contributed by atoms with E-state index in [9.17, 15) is 9.18 Å². The van der Waals surface area contributed by atoms with Crippen LogP contribution < -0.4 is 10.2 Å². The van der Waals surface area contributed by atoms with Gasteiger partial charge in [-0.05, 0) is 18.9 Å². The van der Waals surface area contributed by atoms with Gasteiger partial charge in [-0.2, -0.15) is 0 Å². The minimum absolute atomic E-state index is 0.261. The monoisotopic (exact) mass is 341 g/mol. The molecule has 0 saturated heterocycles. The van der Waals surface area contributed by atoms with Crippen LogP contribution in [0.25, 0.3) is 11.0 Å². The van der Waals surface area contributed by atoms with Crippen LogP contribution >= 0.6 is 0 Å². The Kier molecular flexibility index (Phi) is 3.96. The molecule has 3 aromatic heterocycles. The van der Waals surface area contributed by atoms with Gasteiger partial charge in [-0.25, -0.2) is 24.3 Å². The van der Waals surface area contributed by atoms with E-state index in [-0.39, 0.29) is 5.91 Å². The van der Waals surface area contributed by atoms with Crippen LogP contribution in [-0.4, -0.2) is 50.0 Å². The minimum Gasteiger partial charge on any atom is -0.349 e. The molecular formula is C16H16FN7O. The predicted octanol–water partition coefficient (Wildman–Crippen LogP) is 1.29. The Morgan fingerprint density at radius 1 is 1.28 bits per heavy atom. The Hall–Kier alpha value is -3.10. The van der Waals surface area contributed by atoms with Gasteiger partial charge in [-0.3, -0.25) is 4.79 Å². The molecule has 25 heavy (non-hydrogen) atoms. The number of rotatable bonds is 6. The highest BCUT2D eigenvalue weighted by molar-refractivity contribution is 6.03. The van der Waals surface area contributed by atoms with E-state index < -0.39 is 5.82 Å². The average molecular weight is 341 g/mol. The summed E-state index contributed by atoms with van der Waals surface area (Å²) in [6, 6.07) is 2.12. The number of fused-ring (bicyclic) bond motifs is 1. The van der Waals surface area contributed by atoms with Crippen LogP contribution in [0.1, 0.15) is 23.3 Å². The largest absolute Gasteiger partial charge is 0.349 e. The SMILES string of the molecule is O=C(NCCN(c1ncc(F)cn1)C1CC1)c1ncnc2[nH]ccc12. The summed E-state index contributed by atoms with van der Waals surface area (Å²) < 4.78 is 13.0. The number of anilines is 1. The van der Waals surface area contributed by atoms with Gasteiger partial charge in [0.15, 0.2) is 5.82 Å². The molecule has 1 amide bonds. The summed E-state index contributed by atoms with van der Waals surface area (Å²) in [5, 5.41) is 3.54. The second-order valence-electron chi connectivity index (χ2n) is 5.84. The molecule has 0 spiro atoms. The van der Waals surface area contributed by atoms with E-state index in [1.54, 1.807) is 12.3 Å². The lowest BCUT2D eigenvalue weighted by Gasteiger charge is -2.22. The smallest absolute Gasteiger partial charge is 0.270 e. The molecule has 0 aromatic carbocycles. The molecule has 128 valence electrons. The number of carbonyl (C=O) groups is 1. The summed E-state index contributed by atoms with van der Waals surface area (Å²) in [7, 11) is 0. The third kappa shape index (κ3) is 3.25. The third-order valence-corrected chi connectivity index (χ3v) is 4.06. The van der Waals surface area contributed by atoms with Crippen LogP contribution in [0, 0.1) is 5.82 Å². The van der Waals surface area contributed by atoms with Crippen molar-refractivity contribution in [1.82, 2.24) is 30.2 Å². The van der Waals surface area contributed by atoms with Crippen molar-refractivity contribution in [2.75, 3.05) is 18.0 Å². The Bertz CT molecular complexity index is 891.